The molecular weight excluding hydrogens is 379 g/mol. The molecule has 1 aromatic carbocycles. The van der Waals surface area contributed by atoms with E-state index >= 15 is 0 Å². The second kappa shape index (κ2) is 11.3. The molecule has 2 N–H and O–H groups in total. The molecule has 26 heavy (non-hydrogen) atoms. The molecule has 0 amide bonds. The molecule has 9 heteroatoms. The molecule has 2 rings (SSSR count). The molecule has 1 aromatic heterocycles. The molecule has 0 aliphatic heterocycles. The Balaban J connectivity index is 1.78. The van der Waals surface area contributed by atoms with Gasteiger partial charge >= 0.3 is 0 Å². The Hall–Kier alpha value is -1.51. The average Bonchev–Trinajstić information content (AvgIpc) is 2.63. The van der Waals surface area contributed by atoms with Crippen molar-refractivity contribution in [1.82, 2.24) is 15.2 Å². The van der Waals surface area contributed by atoms with E-state index in [-0.39, 0.29) is 5.82 Å². The highest BCUT2D eigenvalue weighted by Gasteiger charge is 2.13. The van der Waals surface area contributed by atoms with E-state index in [1.54, 1.807) is 25.3 Å². The van der Waals surface area contributed by atoms with E-state index in [0.29, 0.717) is 66.6 Å². The van der Waals surface area contributed by atoms with Crippen molar-refractivity contribution < 1.29 is 14.2 Å². The Kier molecular flexibility index (Phi) is 9.00. The SMILES string of the molecule is COCCOCCOCCCc1nnc(-c2cccc(Cl)c2Cl)c(N)n1. The molecule has 0 saturated carbocycles. The number of aromatic nitrogens is 3. The summed E-state index contributed by atoms with van der Waals surface area (Å²) in [6.07, 6.45) is 1.38. The smallest absolute Gasteiger partial charge is 0.154 e. The highest BCUT2D eigenvalue weighted by molar-refractivity contribution is 6.43. The van der Waals surface area contributed by atoms with E-state index in [9.17, 15) is 0 Å². The van der Waals surface area contributed by atoms with Gasteiger partial charge in [0.25, 0.3) is 0 Å². The monoisotopic (exact) mass is 400 g/mol. The Morgan fingerprint density at radius 2 is 1.73 bits per heavy atom. The summed E-state index contributed by atoms with van der Waals surface area (Å²) in [5.41, 5.74) is 7.04. The summed E-state index contributed by atoms with van der Waals surface area (Å²) in [5, 5.41) is 9.08. The first-order chi connectivity index (χ1) is 12.6. The Morgan fingerprint density at radius 3 is 2.46 bits per heavy atom. The fourth-order valence-corrected chi connectivity index (χ4v) is 2.54. The van der Waals surface area contributed by atoms with Crippen LogP contribution in [0.25, 0.3) is 11.3 Å². The van der Waals surface area contributed by atoms with Gasteiger partial charge in [-0.2, -0.15) is 0 Å². The van der Waals surface area contributed by atoms with Crippen molar-refractivity contribution in [2.24, 2.45) is 0 Å². The number of benzene rings is 1. The quantitative estimate of drug-likeness (QED) is 0.579. The lowest BCUT2D eigenvalue weighted by Crippen LogP contribution is -2.10. The van der Waals surface area contributed by atoms with Crippen LogP contribution in [0.15, 0.2) is 18.2 Å². The molecule has 0 bridgehead atoms. The summed E-state index contributed by atoms with van der Waals surface area (Å²) < 4.78 is 15.7. The van der Waals surface area contributed by atoms with Crippen molar-refractivity contribution >= 4 is 29.0 Å². The Morgan fingerprint density at radius 1 is 1.00 bits per heavy atom. The third-order valence-electron chi connectivity index (χ3n) is 3.46. The number of hydrogen-bond donors (Lipinski definition) is 1. The predicted molar refractivity (Wildman–Crippen MR) is 102 cm³/mol. The number of nitrogens with two attached hydrogens (primary N) is 1. The van der Waals surface area contributed by atoms with Crippen LogP contribution in [-0.4, -0.2) is 55.3 Å². The molecule has 1 heterocycles. The summed E-state index contributed by atoms with van der Waals surface area (Å²) in [6.45, 7) is 2.82. The molecule has 0 radical (unpaired) electrons. The third kappa shape index (κ3) is 6.34. The zero-order valence-corrected chi connectivity index (χ0v) is 16.1. The summed E-state index contributed by atoms with van der Waals surface area (Å²) in [6, 6.07) is 5.24. The standard InChI is InChI=1S/C17H22Cl2N4O3/c1-24-8-9-26-11-10-25-7-3-6-14-21-17(20)16(23-22-14)12-4-2-5-13(18)15(12)19/h2,4-5H,3,6-11H2,1H3,(H2,20,21,22). The zero-order valence-electron chi connectivity index (χ0n) is 14.6. The van der Waals surface area contributed by atoms with E-state index < -0.39 is 0 Å². The Labute approximate surface area is 162 Å². The number of rotatable bonds is 11. The molecule has 0 spiro atoms. The molecule has 0 fully saturated rings. The summed E-state index contributed by atoms with van der Waals surface area (Å²) in [5.74, 6) is 0.830. The normalized spacial score (nSPS) is 11.0. The first-order valence-corrected chi connectivity index (χ1v) is 8.97. The van der Waals surface area contributed by atoms with Gasteiger partial charge in [0.15, 0.2) is 11.6 Å². The molecule has 0 unspecified atom stereocenters. The van der Waals surface area contributed by atoms with E-state index in [1.807, 2.05) is 0 Å². The molecular formula is C17H22Cl2N4O3. The van der Waals surface area contributed by atoms with E-state index in [2.05, 4.69) is 15.2 Å². The fourth-order valence-electron chi connectivity index (χ4n) is 2.15. The van der Waals surface area contributed by atoms with Gasteiger partial charge in [0.1, 0.15) is 5.69 Å². The summed E-state index contributed by atoms with van der Waals surface area (Å²) in [7, 11) is 1.64. The van der Waals surface area contributed by atoms with Crippen LogP contribution in [0, 0.1) is 0 Å². The van der Waals surface area contributed by atoms with Crippen molar-refractivity contribution in [2.45, 2.75) is 12.8 Å². The van der Waals surface area contributed by atoms with Crippen LogP contribution < -0.4 is 5.73 Å². The van der Waals surface area contributed by atoms with Crippen molar-refractivity contribution in [3.05, 3.63) is 34.1 Å². The molecule has 7 nitrogen and oxygen atoms in total. The summed E-state index contributed by atoms with van der Waals surface area (Å²) >= 11 is 12.2. The number of aryl methyl sites for hydroxylation is 1. The lowest BCUT2D eigenvalue weighted by Gasteiger charge is -2.08. The predicted octanol–water partition coefficient (Wildman–Crippen LogP) is 3.04. The third-order valence-corrected chi connectivity index (χ3v) is 4.28. The van der Waals surface area contributed by atoms with E-state index in [1.165, 1.54) is 0 Å². The minimum atomic E-state index is 0.270. The number of nitrogens with zero attached hydrogens (tertiary/aromatic N) is 3. The maximum Gasteiger partial charge on any atom is 0.154 e. The van der Waals surface area contributed by atoms with Gasteiger partial charge in [-0.05, 0) is 12.5 Å². The molecule has 0 aliphatic carbocycles. The first kappa shape index (κ1) is 20.8. The van der Waals surface area contributed by atoms with Gasteiger partial charge in [0.05, 0.1) is 36.5 Å². The molecule has 0 saturated heterocycles. The number of methoxy groups -OCH3 is 1. The zero-order chi connectivity index (χ0) is 18.8. The van der Waals surface area contributed by atoms with Crippen molar-refractivity contribution in [3.8, 4) is 11.3 Å². The molecule has 0 aliphatic rings. The Bertz CT molecular complexity index is 704. The molecule has 2 aromatic rings. The van der Waals surface area contributed by atoms with Crippen molar-refractivity contribution in [2.75, 3.05) is 45.9 Å². The number of hydrogen-bond acceptors (Lipinski definition) is 7. The van der Waals surface area contributed by atoms with Gasteiger partial charge in [0.2, 0.25) is 0 Å². The largest absolute Gasteiger partial charge is 0.382 e. The fraction of sp³-hybridized carbons (Fsp3) is 0.471. The summed E-state index contributed by atoms with van der Waals surface area (Å²) in [4.78, 5) is 4.30. The first-order valence-electron chi connectivity index (χ1n) is 8.21. The topological polar surface area (TPSA) is 92.4 Å². The van der Waals surface area contributed by atoms with E-state index in [4.69, 9.17) is 43.1 Å². The van der Waals surface area contributed by atoms with Gasteiger partial charge in [0, 0.05) is 25.7 Å². The minimum Gasteiger partial charge on any atom is -0.382 e. The maximum absolute atomic E-state index is 6.19. The van der Waals surface area contributed by atoms with Gasteiger partial charge in [-0.1, -0.05) is 35.3 Å². The lowest BCUT2D eigenvalue weighted by molar-refractivity contribution is 0.0243. The second-order valence-corrected chi connectivity index (χ2v) is 6.17. The van der Waals surface area contributed by atoms with Crippen LogP contribution >= 0.6 is 23.2 Å². The number of nitrogen functional groups attached to an aromatic ring is 1. The number of ether oxygens (including phenoxy) is 3. The molecule has 142 valence electrons. The van der Waals surface area contributed by atoms with E-state index in [0.717, 1.165) is 6.42 Å². The van der Waals surface area contributed by atoms with Crippen LogP contribution in [0.4, 0.5) is 5.82 Å². The second-order valence-electron chi connectivity index (χ2n) is 5.38. The van der Waals surface area contributed by atoms with Crippen molar-refractivity contribution in [1.29, 1.82) is 0 Å². The highest BCUT2D eigenvalue weighted by atomic mass is 35.5. The molecule has 0 atom stereocenters. The van der Waals surface area contributed by atoms with Gasteiger partial charge in [-0.25, -0.2) is 4.98 Å². The lowest BCUT2D eigenvalue weighted by atomic mass is 10.1. The van der Waals surface area contributed by atoms with Crippen LogP contribution in [0.2, 0.25) is 10.0 Å². The van der Waals surface area contributed by atoms with Crippen molar-refractivity contribution in [3.63, 3.8) is 0 Å². The van der Waals surface area contributed by atoms with Gasteiger partial charge in [-0.15, -0.1) is 10.2 Å². The van der Waals surface area contributed by atoms with Crippen LogP contribution in [0.3, 0.4) is 0 Å². The maximum atomic E-state index is 6.19. The van der Waals surface area contributed by atoms with Crippen LogP contribution in [-0.2, 0) is 20.6 Å². The number of halogens is 2. The number of anilines is 1. The average molecular weight is 401 g/mol. The van der Waals surface area contributed by atoms with Gasteiger partial charge < -0.3 is 19.9 Å². The minimum absolute atomic E-state index is 0.270. The van der Waals surface area contributed by atoms with Crippen LogP contribution in [0.1, 0.15) is 12.2 Å². The van der Waals surface area contributed by atoms with Gasteiger partial charge in [-0.3, -0.25) is 0 Å². The highest BCUT2D eigenvalue weighted by Crippen LogP contribution is 2.34. The van der Waals surface area contributed by atoms with Crippen LogP contribution in [0.5, 0.6) is 0 Å².